The molecular formula is C22H29N4O10. The maximum Gasteiger partial charge on any atom is 0.408 e. The van der Waals surface area contributed by atoms with E-state index < -0.39 is 62.2 Å². The summed E-state index contributed by atoms with van der Waals surface area (Å²) >= 11 is 0. The number of benzene rings is 1. The lowest BCUT2D eigenvalue weighted by Crippen LogP contribution is -2.46. The highest BCUT2D eigenvalue weighted by atomic mass is 16.6. The van der Waals surface area contributed by atoms with Crippen molar-refractivity contribution in [1.29, 1.82) is 0 Å². The normalized spacial score (nSPS) is 14.0. The second-order valence-electron chi connectivity index (χ2n) is 10.2. The van der Waals surface area contributed by atoms with E-state index in [0.717, 1.165) is 4.90 Å². The van der Waals surface area contributed by atoms with Crippen molar-refractivity contribution in [3.05, 3.63) is 31.9 Å². The van der Waals surface area contributed by atoms with Crippen molar-refractivity contribution in [2.75, 3.05) is 11.4 Å². The highest BCUT2D eigenvalue weighted by molar-refractivity contribution is 5.99. The van der Waals surface area contributed by atoms with E-state index in [1.54, 1.807) is 41.5 Å². The molecule has 1 radical (unpaired) electrons. The molecule has 1 atom stereocenters. The first-order valence-corrected chi connectivity index (χ1v) is 11.1. The average molecular weight is 509 g/mol. The zero-order chi connectivity index (χ0) is 27.6. The van der Waals surface area contributed by atoms with Gasteiger partial charge in [0, 0.05) is 18.5 Å². The highest BCUT2D eigenvalue weighted by Gasteiger charge is 2.40. The molecule has 1 aliphatic heterocycles. The third kappa shape index (κ3) is 7.02. The summed E-state index contributed by atoms with van der Waals surface area (Å²) in [5.41, 5.74) is -3.91. The van der Waals surface area contributed by atoms with Crippen molar-refractivity contribution in [1.82, 2.24) is 5.32 Å². The SMILES string of the molecule is CC(C)(C)OC(=O)N[C@@H](CCC(=O)N1CCc2c([O])c([N+](=O)[O-])cc([N+](=O)[O-])c21)C(=O)OC(C)(C)C. The van der Waals surface area contributed by atoms with Crippen LogP contribution in [0, 0.1) is 20.2 Å². The Morgan fingerprint density at radius 1 is 1.03 bits per heavy atom. The van der Waals surface area contributed by atoms with Crippen LogP contribution in [0.3, 0.4) is 0 Å². The topological polar surface area (TPSA) is 191 Å². The summed E-state index contributed by atoms with van der Waals surface area (Å²) in [5, 5.41) is 37.5. The first kappa shape index (κ1) is 28.3. The number of hydrogen-bond donors (Lipinski definition) is 1. The second kappa shape index (κ2) is 10.3. The fraction of sp³-hybridized carbons (Fsp3) is 0.591. The number of hydrogen-bond acceptors (Lipinski definition) is 9. The summed E-state index contributed by atoms with van der Waals surface area (Å²) in [6.07, 6.45) is -1.60. The Balaban J connectivity index is 2.28. The number of nitro groups is 2. The van der Waals surface area contributed by atoms with Crippen LogP contribution >= 0.6 is 0 Å². The van der Waals surface area contributed by atoms with E-state index >= 15 is 0 Å². The largest absolute Gasteiger partial charge is 0.458 e. The number of nitrogens with zero attached hydrogens (tertiary/aromatic N) is 3. The molecule has 1 heterocycles. The number of fused-ring (bicyclic) bond motifs is 1. The van der Waals surface area contributed by atoms with Crippen LogP contribution in [0.5, 0.6) is 5.75 Å². The van der Waals surface area contributed by atoms with Crippen LogP contribution in [0.4, 0.5) is 21.9 Å². The molecule has 0 saturated carbocycles. The maximum atomic E-state index is 13.0. The van der Waals surface area contributed by atoms with Gasteiger partial charge in [0.1, 0.15) is 29.0 Å². The lowest BCUT2D eigenvalue weighted by Gasteiger charge is -2.26. The number of amides is 2. The molecule has 0 aliphatic carbocycles. The molecule has 2 amide bonds. The Kier molecular flexibility index (Phi) is 8.12. The number of anilines is 1. The van der Waals surface area contributed by atoms with Gasteiger partial charge in [-0.1, -0.05) is 0 Å². The third-order valence-corrected chi connectivity index (χ3v) is 4.89. The van der Waals surface area contributed by atoms with Gasteiger partial charge in [-0.05, 0) is 54.4 Å². The quantitative estimate of drug-likeness (QED) is 0.325. The Hall–Kier alpha value is -3.97. The number of carbonyl (C=O) groups excluding carboxylic acids is 3. The van der Waals surface area contributed by atoms with Crippen LogP contribution in [-0.2, 0) is 30.6 Å². The molecule has 0 fully saturated rings. The van der Waals surface area contributed by atoms with Gasteiger partial charge in [-0.2, -0.15) is 0 Å². The van der Waals surface area contributed by atoms with Crippen LogP contribution in [0.1, 0.15) is 59.9 Å². The Morgan fingerprint density at radius 2 is 1.58 bits per heavy atom. The number of nitrogens with one attached hydrogen (secondary N) is 1. The van der Waals surface area contributed by atoms with Crippen molar-refractivity contribution in [2.45, 2.75) is 78.0 Å². The molecule has 0 aromatic heterocycles. The summed E-state index contributed by atoms with van der Waals surface area (Å²) in [5.74, 6) is -2.48. The Morgan fingerprint density at radius 3 is 2.08 bits per heavy atom. The van der Waals surface area contributed by atoms with Crippen molar-refractivity contribution in [2.24, 2.45) is 0 Å². The van der Waals surface area contributed by atoms with Gasteiger partial charge < -0.3 is 19.7 Å². The van der Waals surface area contributed by atoms with Gasteiger partial charge in [0.25, 0.3) is 11.4 Å². The maximum absolute atomic E-state index is 13.0. The smallest absolute Gasteiger partial charge is 0.408 e. The van der Waals surface area contributed by atoms with E-state index in [4.69, 9.17) is 9.47 Å². The first-order chi connectivity index (χ1) is 16.4. The summed E-state index contributed by atoms with van der Waals surface area (Å²) in [6.45, 7) is 9.66. The molecule has 1 aromatic carbocycles. The zero-order valence-electron chi connectivity index (χ0n) is 20.9. The minimum Gasteiger partial charge on any atom is -0.458 e. The molecule has 14 heteroatoms. The standard InChI is InChI=1S/C22H29N4O10/c1-21(2,3)35-19(29)13(23-20(30)36-22(4,5)6)7-8-16(27)24-10-9-12-17(24)14(25(31)32)11-15(18(12)28)26(33)34/h11,13H,7-10H2,1-6H3,(H,23,30)/t13-/m0/s1. The molecule has 14 nitrogen and oxygen atoms in total. The van der Waals surface area contributed by atoms with Crippen LogP contribution < -0.4 is 10.2 Å². The summed E-state index contributed by atoms with van der Waals surface area (Å²) in [6, 6.07) is -0.729. The predicted octanol–water partition coefficient (Wildman–Crippen LogP) is 3.55. The van der Waals surface area contributed by atoms with Crippen LogP contribution in [-0.4, -0.2) is 51.6 Å². The number of ether oxygens (including phenoxy) is 2. The number of rotatable bonds is 7. The minimum atomic E-state index is -1.27. The van der Waals surface area contributed by atoms with E-state index in [1.807, 2.05) is 0 Å². The van der Waals surface area contributed by atoms with Gasteiger partial charge in [0.2, 0.25) is 5.91 Å². The van der Waals surface area contributed by atoms with Gasteiger partial charge in [0.15, 0.2) is 0 Å². The summed E-state index contributed by atoms with van der Waals surface area (Å²) < 4.78 is 10.5. The monoisotopic (exact) mass is 509 g/mol. The van der Waals surface area contributed by atoms with Crippen molar-refractivity contribution in [3.63, 3.8) is 0 Å². The highest BCUT2D eigenvalue weighted by Crippen LogP contribution is 2.47. The molecule has 197 valence electrons. The van der Waals surface area contributed by atoms with E-state index in [-0.39, 0.29) is 37.1 Å². The first-order valence-electron chi connectivity index (χ1n) is 11.1. The second-order valence-corrected chi connectivity index (χ2v) is 10.2. The molecule has 2 rings (SSSR count). The molecule has 1 N–H and O–H groups in total. The van der Waals surface area contributed by atoms with Crippen molar-refractivity contribution in [3.8, 4) is 5.75 Å². The predicted molar refractivity (Wildman–Crippen MR) is 124 cm³/mol. The van der Waals surface area contributed by atoms with Gasteiger partial charge >= 0.3 is 17.7 Å². The fourth-order valence-corrected chi connectivity index (χ4v) is 3.55. The van der Waals surface area contributed by atoms with Gasteiger partial charge in [0.05, 0.1) is 9.85 Å². The molecule has 0 unspecified atom stereocenters. The number of esters is 1. The molecule has 36 heavy (non-hydrogen) atoms. The van der Waals surface area contributed by atoms with Crippen LogP contribution in [0.2, 0.25) is 0 Å². The van der Waals surface area contributed by atoms with E-state index in [9.17, 15) is 39.7 Å². The average Bonchev–Trinajstić information content (AvgIpc) is 3.13. The lowest BCUT2D eigenvalue weighted by atomic mass is 10.1. The molecule has 1 aliphatic rings. The van der Waals surface area contributed by atoms with Gasteiger partial charge in [-0.3, -0.25) is 30.1 Å². The molecule has 0 saturated heterocycles. The van der Waals surface area contributed by atoms with E-state index in [0.29, 0.717) is 6.07 Å². The third-order valence-electron chi connectivity index (χ3n) is 4.89. The minimum absolute atomic E-state index is 0.103. The van der Waals surface area contributed by atoms with E-state index in [2.05, 4.69) is 5.32 Å². The molecule has 0 spiro atoms. The molecule has 1 aromatic rings. The van der Waals surface area contributed by atoms with Crippen molar-refractivity contribution >= 4 is 35.0 Å². The fourth-order valence-electron chi connectivity index (χ4n) is 3.55. The molecular weight excluding hydrogens is 480 g/mol. The molecule has 0 bridgehead atoms. The Bertz CT molecular complexity index is 1090. The van der Waals surface area contributed by atoms with Crippen LogP contribution in [0.15, 0.2) is 6.07 Å². The lowest BCUT2D eigenvalue weighted by molar-refractivity contribution is -0.394. The van der Waals surface area contributed by atoms with Crippen LogP contribution in [0.25, 0.3) is 0 Å². The van der Waals surface area contributed by atoms with Gasteiger partial charge in [-0.25, -0.2) is 9.59 Å². The number of carbonyl (C=O) groups is 3. The summed E-state index contributed by atoms with van der Waals surface area (Å²) in [4.78, 5) is 59.7. The van der Waals surface area contributed by atoms with Crippen molar-refractivity contribution < 1.29 is 38.8 Å². The number of nitro benzene ring substituents is 2. The zero-order valence-corrected chi connectivity index (χ0v) is 20.9. The Labute approximate surface area is 206 Å². The van der Waals surface area contributed by atoms with Gasteiger partial charge in [-0.15, -0.1) is 0 Å². The summed E-state index contributed by atoms with van der Waals surface area (Å²) in [7, 11) is 0. The van der Waals surface area contributed by atoms with E-state index in [1.165, 1.54) is 0 Å². The number of alkyl carbamates (subject to hydrolysis) is 1.